The summed E-state index contributed by atoms with van der Waals surface area (Å²) in [5.41, 5.74) is 5.78. The van der Waals surface area contributed by atoms with Gasteiger partial charge in [-0.1, -0.05) is 20.8 Å². The maximum absolute atomic E-state index is 11.6. The van der Waals surface area contributed by atoms with Crippen LogP contribution >= 0.6 is 12.4 Å². The van der Waals surface area contributed by atoms with Gasteiger partial charge in [0.05, 0.1) is 6.04 Å². The molecule has 0 radical (unpaired) electrons. The van der Waals surface area contributed by atoms with Gasteiger partial charge in [-0.2, -0.15) is 0 Å². The van der Waals surface area contributed by atoms with Crippen molar-refractivity contribution in [2.75, 3.05) is 26.2 Å². The molecule has 5 heteroatoms. The van der Waals surface area contributed by atoms with Crippen molar-refractivity contribution in [3.05, 3.63) is 0 Å². The summed E-state index contributed by atoms with van der Waals surface area (Å²) in [4.78, 5) is 14.1. The molecule has 1 atom stereocenters. The number of amides is 1. The Kier molecular flexibility index (Phi) is 9.40. The summed E-state index contributed by atoms with van der Waals surface area (Å²) in [5.74, 6) is 1.07. The van der Waals surface area contributed by atoms with Gasteiger partial charge in [-0.25, -0.2) is 0 Å². The van der Waals surface area contributed by atoms with Crippen molar-refractivity contribution < 1.29 is 4.79 Å². The lowest BCUT2D eigenvalue weighted by Crippen LogP contribution is -2.44. The highest BCUT2D eigenvalue weighted by Gasteiger charge is 2.17. The van der Waals surface area contributed by atoms with Gasteiger partial charge in [-0.3, -0.25) is 4.79 Å². The smallest absolute Gasteiger partial charge is 0.237 e. The van der Waals surface area contributed by atoms with Gasteiger partial charge in [-0.05, 0) is 50.7 Å². The Bertz CT molecular complexity index is 253. The summed E-state index contributed by atoms with van der Waals surface area (Å²) in [6, 6.07) is -0.374. The molecule has 114 valence electrons. The zero-order valence-corrected chi connectivity index (χ0v) is 13.3. The molecule has 0 saturated carbocycles. The Morgan fingerprint density at radius 3 is 2.47 bits per heavy atom. The van der Waals surface area contributed by atoms with Crippen molar-refractivity contribution in [3.8, 4) is 0 Å². The molecule has 3 N–H and O–H groups in total. The molecule has 0 bridgehead atoms. The minimum atomic E-state index is -0.374. The zero-order valence-electron chi connectivity index (χ0n) is 12.5. The van der Waals surface area contributed by atoms with Crippen molar-refractivity contribution >= 4 is 18.3 Å². The molecule has 0 spiro atoms. The minimum Gasteiger partial charge on any atom is -0.355 e. The second kappa shape index (κ2) is 9.56. The number of halogens is 1. The van der Waals surface area contributed by atoms with Crippen LogP contribution in [0.4, 0.5) is 0 Å². The first-order chi connectivity index (χ1) is 8.50. The van der Waals surface area contributed by atoms with Crippen LogP contribution in [0.1, 0.15) is 40.0 Å². The van der Waals surface area contributed by atoms with Crippen molar-refractivity contribution in [1.82, 2.24) is 10.2 Å². The van der Waals surface area contributed by atoms with Gasteiger partial charge in [-0.15, -0.1) is 12.4 Å². The molecule has 1 aliphatic heterocycles. The topological polar surface area (TPSA) is 58.4 Å². The van der Waals surface area contributed by atoms with E-state index >= 15 is 0 Å². The van der Waals surface area contributed by atoms with E-state index < -0.39 is 0 Å². The fraction of sp³-hybridized carbons (Fsp3) is 0.929. The number of nitrogens with zero attached hydrogens (tertiary/aromatic N) is 1. The van der Waals surface area contributed by atoms with Gasteiger partial charge in [0.25, 0.3) is 0 Å². The monoisotopic (exact) mass is 291 g/mol. The Morgan fingerprint density at radius 1 is 1.37 bits per heavy atom. The second-order valence-electron chi connectivity index (χ2n) is 5.94. The number of carbonyl (C=O) groups excluding carboxylic acids is 1. The van der Waals surface area contributed by atoms with E-state index in [4.69, 9.17) is 5.73 Å². The predicted octanol–water partition coefficient (Wildman–Crippen LogP) is 1.63. The van der Waals surface area contributed by atoms with Gasteiger partial charge in [0.2, 0.25) is 5.91 Å². The summed E-state index contributed by atoms with van der Waals surface area (Å²) in [5, 5.41) is 2.92. The average Bonchev–Trinajstić information content (AvgIpc) is 2.35. The molecule has 4 nitrogen and oxygen atoms in total. The Morgan fingerprint density at radius 2 is 1.95 bits per heavy atom. The van der Waals surface area contributed by atoms with Gasteiger partial charge in [0, 0.05) is 6.54 Å². The van der Waals surface area contributed by atoms with Crippen LogP contribution in [0.5, 0.6) is 0 Å². The molecular weight excluding hydrogens is 262 g/mol. The van der Waals surface area contributed by atoms with E-state index in [1.165, 1.54) is 25.9 Å². The predicted molar refractivity (Wildman–Crippen MR) is 82.5 cm³/mol. The van der Waals surface area contributed by atoms with Crippen LogP contribution in [-0.2, 0) is 4.79 Å². The van der Waals surface area contributed by atoms with Crippen molar-refractivity contribution in [3.63, 3.8) is 0 Å². The summed E-state index contributed by atoms with van der Waals surface area (Å²) in [6.45, 7) is 10.5. The maximum atomic E-state index is 11.6. The van der Waals surface area contributed by atoms with E-state index in [1.807, 2.05) is 13.8 Å². The summed E-state index contributed by atoms with van der Waals surface area (Å²) < 4.78 is 0. The first-order valence-corrected chi connectivity index (χ1v) is 7.26. The van der Waals surface area contributed by atoms with Crippen molar-refractivity contribution in [2.45, 2.75) is 46.1 Å². The van der Waals surface area contributed by atoms with Crippen molar-refractivity contribution in [2.24, 2.45) is 17.6 Å². The number of nitrogens with two attached hydrogens (primary N) is 1. The molecule has 1 amide bonds. The maximum Gasteiger partial charge on any atom is 0.237 e. The summed E-state index contributed by atoms with van der Waals surface area (Å²) in [7, 11) is 0. The van der Waals surface area contributed by atoms with Crippen LogP contribution in [0.3, 0.4) is 0 Å². The molecule has 1 saturated heterocycles. The Balaban J connectivity index is 0.00000324. The molecule has 1 aliphatic rings. The van der Waals surface area contributed by atoms with Gasteiger partial charge in [0.1, 0.15) is 0 Å². The van der Waals surface area contributed by atoms with Crippen LogP contribution in [-0.4, -0.2) is 43.0 Å². The molecule has 1 heterocycles. The molecule has 19 heavy (non-hydrogen) atoms. The zero-order chi connectivity index (χ0) is 13.5. The van der Waals surface area contributed by atoms with E-state index in [0.29, 0.717) is 0 Å². The lowest BCUT2D eigenvalue weighted by molar-refractivity contribution is -0.123. The largest absolute Gasteiger partial charge is 0.355 e. The SMILES string of the molecule is CC1CCN(CCCNC(=O)[C@@H](N)C(C)C)CC1.Cl. The molecule has 1 rings (SSSR count). The fourth-order valence-electron chi connectivity index (χ4n) is 2.22. The number of hydrogen-bond acceptors (Lipinski definition) is 3. The van der Waals surface area contributed by atoms with E-state index in [9.17, 15) is 4.79 Å². The number of nitrogens with one attached hydrogen (secondary N) is 1. The van der Waals surface area contributed by atoms with Crippen LogP contribution in [0.25, 0.3) is 0 Å². The van der Waals surface area contributed by atoms with Gasteiger partial charge < -0.3 is 16.0 Å². The molecule has 0 aliphatic carbocycles. The summed E-state index contributed by atoms with van der Waals surface area (Å²) >= 11 is 0. The quantitative estimate of drug-likeness (QED) is 0.731. The van der Waals surface area contributed by atoms with E-state index in [2.05, 4.69) is 17.1 Å². The Labute approximate surface area is 123 Å². The standard InChI is InChI=1S/C14H29N3O.ClH/c1-11(2)13(15)14(18)16-7-4-8-17-9-5-12(3)6-10-17;/h11-13H,4-10,15H2,1-3H3,(H,16,18);1H/t13-;/m0./s1. The number of carbonyl (C=O) groups is 1. The van der Waals surface area contributed by atoms with Crippen LogP contribution < -0.4 is 11.1 Å². The van der Waals surface area contributed by atoms with E-state index in [-0.39, 0.29) is 30.3 Å². The second-order valence-corrected chi connectivity index (χ2v) is 5.94. The average molecular weight is 292 g/mol. The molecular formula is C14H30ClN3O. The third-order valence-corrected chi connectivity index (χ3v) is 3.85. The highest BCUT2D eigenvalue weighted by Crippen LogP contribution is 2.15. The third-order valence-electron chi connectivity index (χ3n) is 3.85. The fourth-order valence-corrected chi connectivity index (χ4v) is 2.22. The molecule has 1 fully saturated rings. The Hall–Kier alpha value is -0.320. The highest BCUT2D eigenvalue weighted by atomic mass is 35.5. The van der Waals surface area contributed by atoms with Crippen LogP contribution in [0.15, 0.2) is 0 Å². The number of likely N-dealkylation sites (tertiary alicyclic amines) is 1. The molecule has 0 aromatic rings. The highest BCUT2D eigenvalue weighted by molar-refractivity contribution is 5.85. The molecule has 0 aromatic heterocycles. The normalized spacial score (nSPS) is 19.0. The molecule has 0 aromatic carbocycles. The first-order valence-electron chi connectivity index (χ1n) is 7.26. The van der Waals surface area contributed by atoms with E-state index in [0.717, 1.165) is 25.4 Å². The molecule has 0 unspecified atom stereocenters. The first kappa shape index (κ1) is 18.7. The number of rotatable bonds is 6. The van der Waals surface area contributed by atoms with Crippen molar-refractivity contribution in [1.29, 1.82) is 0 Å². The lowest BCUT2D eigenvalue weighted by atomic mass is 9.99. The summed E-state index contributed by atoms with van der Waals surface area (Å²) in [6.07, 6.45) is 3.64. The van der Waals surface area contributed by atoms with Crippen LogP contribution in [0.2, 0.25) is 0 Å². The van der Waals surface area contributed by atoms with Gasteiger partial charge in [0.15, 0.2) is 0 Å². The van der Waals surface area contributed by atoms with Crippen LogP contribution in [0, 0.1) is 11.8 Å². The lowest BCUT2D eigenvalue weighted by Gasteiger charge is -2.30. The third kappa shape index (κ3) is 7.14. The number of hydrogen-bond donors (Lipinski definition) is 2. The van der Waals surface area contributed by atoms with E-state index in [1.54, 1.807) is 0 Å². The number of piperidine rings is 1. The van der Waals surface area contributed by atoms with Gasteiger partial charge >= 0.3 is 0 Å². The minimum absolute atomic E-state index is 0.